The van der Waals surface area contributed by atoms with Crippen molar-refractivity contribution in [2.24, 2.45) is 0 Å². The van der Waals surface area contributed by atoms with Crippen molar-refractivity contribution in [1.82, 2.24) is 0 Å². The fourth-order valence-corrected chi connectivity index (χ4v) is 0. The van der Waals surface area contributed by atoms with Crippen molar-refractivity contribution in [3.63, 3.8) is 0 Å². The van der Waals surface area contributed by atoms with Gasteiger partial charge in [-0.25, -0.2) is 0 Å². The van der Waals surface area contributed by atoms with Crippen molar-refractivity contribution in [1.29, 1.82) is 0 Å². The maximum absolute atomic E-state index is 7.81. The molecule has 0 bridgehead atoms. The summed E-state index contributed by atoms with van der Waals surface area (Å²) in [5.74, 6) is 0. The van der Waals surface area contributed by atoms with Crippen molar-refractivity contribution in [3.05, 3.63) is 0 Å². The van der Waals surface area contributed by atoms with Gasteiger partial charge in [-0.15, -0.1) is 0 Å². The molecular formula is H2BaCuOY. The predicted molar refractivity (Wildman–Crippen MR) is 8.66 cm³/mol. The molecule has 4 heteroatoms. The van der Waals surface area contributed by atoms with Gasteiger partial charge in [0.1, 0.15) is 0 Å². The monoisotopic (exact) mass is 308 g/mol. The quantitative estimate of drug-likeness (QED) is 0.563. The summed E-state index contributed by atoms with van der Waals surface area (Å²) in [5.41, 5.74) is 0. The van der Waals surface area contributed by atoms with Gasteiger partial charge in [-0.05, 0) is 0 Å². The Labute approximate surface area is 102 Å². The van der Waals surface area contributed by atoms with E-state index >= 15 is 0 Å². The summed E-state index contributed by atoms with van der Waals surface area (Å²) < 4.78 is 7.81. The largest absolute Gasteiger partial charge is 0 e. The van der Waals surface area contributed by atoms with Crippen molar-refractivity contribution in [3.8, 4) is 0 Å². The van der Waals surface area contributed by atoms with Crippen LogP contribution in [-0.2, 0) is 52.5 Å². The van der Waals surface area contributed by atoms with Crippen molar-refractivity contribution in [2.75, 3.05) is 0 Å². The molecule has 0 atom stereocenters. The molecule has 1 nitrogen and oxygen atoms in total. The zero-order valence-corrected chi connectivity index (χ0v) is 10.2. The van der Waals surface area contributed by atoms with E-state index in [9.17, 15) is 0 Å². The van der Waals surface area contributed by atoms with Gasteiger partial charge in [-0.1, -0.05) is 0 Å². The Bertz CT molecular complexity index is 13.5. The second-order valence-corrected chi connectivity index (χ2v) is 0. The molecule has 4 heavy (non-hydrogen) atoms. The summed E-state index contributed by atoms with van der Waals surface area (Å²) in [6.45, 7) is 0. The van der Waals surface area contributed by atoms with Crippen LogP contribution in [0.2, 0.25) is 0 Å². The third kappa shape index (κ3) is 8.89. The molecule has 24 valence electrons. The summed E-state index contributed by atoms with van der Waals surface area (Å²) in [4.78, 5) is 0. The molecule has 0 aliphatic rings. The molecule has 0 rings (SSSR count). The molecule has 0 aromatic carbocycles. The molecule has 0 aromatic heterocycles. The van der Waals surface area contributed by atoms with Crippen LogP contribution in [0.3, 0.4) is 0 Å². The smallest absolute Gasteiger partial charge is 0 e. The van der Waals surface area contributed by atoms with Crippen LogP contribution in [0.15, 0.2) is 0 Å². The first-order valence-corrected chi connectivity index (χ1v) is 0.508. The molecule has 0 saturated carbocycles. The first-order valence-electron chi connectivity index (χ1n) is 0.123. The predicted octanol–water partition coefficient (Wildman–Crippen LogP) is -0.280. The molecule has 0 aliphatic heterocycles. The zero-order valence-electron chi connectivity index (χ0n) is 3.99. The molecular weight excluding hydrogens is 306 g/mol. The summed E-state index contributed by atoms with van der Waals surface area (Å²) in [6.07, 6.45) is 0. The van der Waals surface area contributed by atoms with E-state index < -0.39 is 0 Å². The van der Waals surface area contributed by atoms with E-state index in [0.29, 0.717) is 0 Å². The molecule has 0 aliphatic carbocycles. The van der Waals surface area contributed by atoms with E-state index in [2.05, 4.69) is 15.9 Å². The van der Waals surface area contributed by atoms with E-state index in [0.717, 1.165) is 0 Å². The van der Waals surface area contributed by atoms with E-state index in [1.54, 1.807) is 0 Å². The van der Waals surface area contributed by atoms with Crippen LogP contribution in [0, 0.1) is 0 Å². The first-order chi connectivity index (χ1) is 1.00. The molecule has 0 aromatic rings. The number of rotatable bonds is 0. The Morgan fingerprint density at radius 2 is 1.50 bits per heavy atom. The van der Waals surface area contributed by atoms with Gasteiger partial charge in [0.2, 0.25) is 0 Å². The van der Waals surface area contributed by atoms with Gasteiger partial charge in [-0.3, -0.25) is 0 Å². The van der Waals surface area contributed by atoms with Gasteiger partial charge in [0.25, 0.3) is 0 Å². The average molecular weight is 308 g/mol. The molecule has 0 spiro atoms. The van der Waals surface area contributed by atoms with Crippen molar-refractivity contribution >= 4 is 48.9 Å². The standard InChI is InChI=1S/Ba.Cu.O.Y.2H/q+2;;;;2*-1. The summed E-state index contributed by atoms with van der Waals surface area (Å²) in [6, 6.07) is 0. The minimum atomic E-state index is 0. The topological polar surface area (TPSA) is 17.1 Å². The second-order valence-electron chi connectivity index (χ2n) is 0. The number of hydrogen-bond acceptors (Lipinski definition) is 1. The Morgan fingerprint density at radius 3 is 1.50 bits per heavy atom. The maximum atomic E-state index is 7.81. The molecule has 1 radical (unpaired) electrons. The molecule has 0 heterocycles. The molecule has 0 N–H and O–H groups in total. The summed E-state index contributed by atoms with van der Waals surface area (Å²) in [7, 11) is 0. The maximum Gasteiger partial charge on any atom is 0 e. The van der Waals surface area contributed by atoms with Crippen LogP contribution >= 0.6 is 0 Å². The average Bonchev–Trinajstić information content (AvgIpc) is 1.00. The minimum absolute atomic E-state index is 0. The molecule has 0 saturated heterocycles. The van der Waals surface area contributed by atoms with Gasteiger partial charge in [0.05, 0.1) is 0 Å². The van der Waals surface area contributed by atoms with Crippen molar-refractivity contribution in [2.45, 2.75) is 0 Å². The Balaban J connectivity index is -0.000000000833. The third-order valence-electron chi connectivity index (χ3n) is 0. The molecule has 0 fully saturated rings. The zero-order chi connectivity index (χ0) is 2.00. The Morgan fingerprint density at radius 1 is 1.50 bits per heavy atom. The second kappa shape index (κ2) is 16.7. The SMILES string of the molecule is [Ba+2].[H-].[H-].[O]=[Cu].[Y]. The molecule has 0 amide bonds. The van der Waals surface area contributed by atoms with Gasteiger partial charge < -0.3 is 2.85 Å². The summed E-state index contributed by atoms with van der Waals surface area (Å²) in [5, 5.41) is 0. The third-order valence-corrected chi connectivity index (χ3v) is 0. The van der Waals surface area contributed by atoms with E-state index in [-0.39, 0.29) is 84.4 Å². The van der Waals surface area contributed by atoms with Crippen molar-refractivity contribution < 1.29 is 55.3 Å². The van der Waals surface area contributed by atoms with Crippen LogP contribution in [0.1, 0.15) is 2.85 Å². The van der Waals surface area contributed by atoms with Gasteiger partial charge in [0, 0.05) is 32.7 Å². The minimum Gasteiger partial charge on any atom is 0 e. The summed E-state index contributed by atoms with van der Waals surface area (Å²) >= 11 is 2.94. The van der Waals surface area contributed by atoms with Gasteiger partial charge >= 0.3 is 68.7 Å². The van der Waals surface area contributed by atoms with Crippen LogP contribution in [0.5, 0.6) is 0 Å². The fraction of sp³-hybridized carbons (Fsp3) is 0. The van der Waals surface area contributed by atoms with Crippen LogP contribution in [-0.4, -0.2) is 48.9 Å². The fourth-order valence-electron chi connectivity index (χ4n) is 0. The first kappa shape index (κ1) is 15.8. The van der Waals surface area contributed by atoms with Crippen LogP contribution in [0.25, 0.3) is 0 Å². The van der Waals surface area contributed by atoms with Gasteiger partial charge in [0.15, 0.2) is 0 Å². The van der Waals surface area contributed by atoms with E-state index in [1.165, 1.54) is 0 Å². The van der Waals surface area contributed by atoms with Gasteiger partial charge in [-0.2, -0.15) is 0 Å². The van der Waals surface area contributed by atoms with Crippen LogP contribution < -0.4 is 0 Å². The Hall–Kier alpha value is 2.99. The molecule has 0 unspecified atom stereocenters. The van der Waals surface area contributed by atoms with E-state index in [4.69, 9.17) is 3.83 Å². The normalized spacial score (nSPS) is 1.50. The van der Waals surface area contributed by atoms with E-state index in [1.807, 2.05) is 0 Å². The Kier molecular flexibility index (Phi) is 65.7. The number of hydrogen-bond donors (Lipinski definition) is 0. The van der Waals surface area contributed by atoms with Crippen LogP contribution in [0.4, 0.5) is 0 Å².